The van der Waals surface area contributed by atoms with Gasteiger partial charge in [-0.15, -0.1) is 0 Å². The number of benzene rings is 1. The molecular weight excluding hydrogens is 302 g/mol. The molecule has 0 aliphatic rings. The Morgan fingerprint density at radius 3 is 2.00 bits per heavy atom. The van der Waals surface area contributed by atoms with E-state index in [0.717, 1.165) is 44.0 Å². The third-order valence-corrected chi connectivity index (χ3v) is 4.08. The quantitative estimate of drug-likeness (QED) is 0.544. The Hall–Kier alpha value is -1.55. The molecule has 0 aliphatic carbocycles. The number of ketones is 1. The van der Waals surface area contributed by atoms with E-state index < -0.39 is 0 Å². The van der Waals surface area contributed by atoms with Crippen LogP contribution in [-0.2, 0) is 11.2 Å². The van der Waals surface area contributed by atoms with E-state index in [2.05, 4.69) is 18.7 Å². The second-order valence-electron chi connectivity index (χ2n) is 5.85. The summed E-state index contributed by atoms with van der Waals surface area (Å²) in [6, 6.07) is 6.02. The lowest BCUT2D eigenvalue weighted by Gasteiger charge is -2.17. The molecule has 4 heteroatoms. The molecule has 136 valence electrons. The number of rotatable bonds is 13. The summed E-state index contributed by atoms with van der Waals surface area (Å²) in [5.74, 6) is 2.03. The zero-order valence-electron chi connectivity index (χ0n) is 15.8. The van der Waals surface area contributed by atoms with Crippen LogP contribution in [0, 0.1) is 0 Å². The minimum absolute atomic E-state index is 0.355. The maximum Gasteiger partial charge on any atom is 0.134 e. The fourth-order valence-electron chi connectivity index (χ4n) is 2.71. The predicted octanol–water partition coefficient (Wildman–Crippen LogP) is 4.11. The number of ether oxygens (including phenoxy) is 2. The third kappa shape index (κ3) is 7.82. The van der Waals surface area contributed by atoms with Gasteiger partial charge in [-0.3, -0.25) is 4.79 Å². The van der Waals surface area contributed by atoms with Crippen molar-refractivity contribution in [2.75, 3.05) is 32.8 Å². The van der Waals surface area contributed by atoms with Gasteiger partial charge in [-0.1, -0.05) is 13.8 Å². The van der Waals surface area contributed by atoms with E-state index in [-0.39, 0.29) is 0 Å². The Balaban J connectivity index is 2.46. The van der Waals surface area contributed by atoms with E-state index in [1.165, 1.54) is 5.56 Å². The summed E-state index contributed by atoms with van der Waals surface area (Å²) >= 11 is 0. The molecule has 0 bridgehead atoms. The number of hydrogen-bond donors (Lipinski definition) is 0. The molecule has 0 heterocycles. The van der Waals surface area contributed by atoms with Crippen LogP contribution in [0.3, 0.4) is 0 Å². The first-order valence-electron chi connectivity index (χ1n) is 9.26. The van der Waals surface area contributed by atoms with Gasteiger partial charge in [-0.05, 0) is 57.5 Å². The fraction of sp³-hybridized carbons (Fsp3) is 0.650. The summed E-state index contributed by atoms with van der Waals surface area (Å²) in [5, 5.41) is 0. The molecule has 4 nitrogen and oxygen atoms in total. The first-order chi connectivity index (χ1) is 11.6. The van der Waals surface area contributed by atoms with Gasteiger partial charge in [0.2, 0.25) is 0 Å². The topological polar surface area (TPSA) is 38.8 Å². The number of Topliss-reactive ketones (excluding diaryl/α,β-unsaturated/α-hetero) is 1. The maximum absolute atomic E-state index is 12.0. The average molecular weight is 335 g/mol. The molecule has 0 amide bonds. The van der Waals surface area contributed by atoms with Crippen LogP contribution in [0.5, 0.6) is 11.5 Å². The maximum atomic E-state index is 12.0. The Labute approximate surface area is 147 Å². The lowest BCUT2D eigenvalue weighted by atomic mass is 10.0. The van der Waals surface area contributed by atoms with Crippen LogP contribution in [0.4, 0.5) is 0 Å². The van der Waals surface area contributed by atoms with Crippen molar-refractivity contribution in [3.8, 4) is 11.5 Å². The number of hydrogen-bond acceptors (Lipinski definition) is 4. The highest BCUT2D eigenvalue weighted by molar-refractivity contribution is 5.78. The van der Waals surface area contributed by atoms with Crippen molar-refractivity contribution in [3.63, 3.8) is 0 Å². The van der Waals surface area contributed by atoms with Crippen LogP contribution in [0.2, 0.25) is 0 Å². The molecular formula is C20H33NO3. The second kappa shape index (κ2) is 11.9. The Kier molecular flexibility index (Phi) is 10.2. The van der Waals surface area contributed by atoms with E-state index in [1.54, 1.807) is 0 Å². The monoisotopic (exact) mass is 335 g/mol. The molecule has 0 radical (unpaired) electrons. The van der Waals surface area contributed by atoms with Gasteiger partial charge in [-0.25, -0.2) is 0 Å². The first-order valence-corrected chi connectivity index (χ1v) is 9.26. The molecule has 0 atom stereocenters. The Morgan fingerprint density at radius 1 is 0.917 bits per heavy atom. The smallest absolute Gasteiger partial charge is 0.134 e. The van der Waals surface area contributed by atoms with Gasteiger partial charge < -0.3 is 14.4 Å². The zero-order chi connectivity index (χ0) is 17.8. The molecule has 0 saturated carbocycles. The Morgan fingerprint density at radius 2 is 1.50 bits per heavy atom. The summed E-state index contributed by atoms with van der Waals surface area (Å²) in [7, 11) is 0. The lowest BCUT2D eigenvalue weighted by molar-refractivity contribution is -0.119. The van der Waals surface area contributed by atoms with Crippen molar-refractivity contribution >= 4 is 5.78 Å². The van der Waals surface area contributed by atoms with Crippen molar-refractivity contribution in [1.82, 2.24) is 4.90 Å². The van der Waals surface area contributed by atoms with E-state index in [4.69, 9.17) is 9.47 Å². The highest BCUT2D eigenvalue weighted by atomic mass is 16.5. The Bertz CT molecular complexity index is 460. The molecule has 0 aromatic heterocycles. The van der Waals surface area contributed by atoms with E-state index >= 15 is 0 Å². The SMILES string of the molecule is CCOc1cc(CCCC(=O)CCN(CC)CC)cc(OCC)c1. The average Bonchev–Trinajstić information content (AvgIpc) is 2.56. The highest BCUT2D eigenvalue weighted by Crippen LogP contribution is 2.24. The molecule has 0 N–H and O–H groups in total. The summed E-state index contributed by atoms with van der Waals surface area (Å²) in [4.78, 5) is 14.3. The van der Waals surface area contributed by atoms with Crippen LogP contribution in [0.15, 0.2) is 18.2 Å². The standard InChI is InChI=1S/C20H33NO3/c1-5-21(6-2)13-12-18(22)11-9-10-17-14-19(23-7-3)16-20(15-17)24-8-4/h14-16H,5-13H2,1-4H3. The van der Waals surface area contributed by atoms with Crippen LogP contribution in [-0.4, -0.2) is 43.5 Å². The van der Waals surface area contributed by atoms with Crippen molar-refractivity contribution < 1.29 is 14.3 Å². The third-order valence-electron chi connectivity index (χ3n) is 4.08. The summed E-state index contributed by atoms with van der Waals surface area (Å²) in [5.41, 5.74) is 1.17. The molecule has 0 spiro atoms. The second-order valence-corrected chi connectivity index (χ2v) is 5.85. The molecule has 1 rings (SSSR count). The van der Waals surface area contributed by atoms with E-state index in [0.29, 0.717) is 31.8 Å². The molecule has 0 saturated heterocycles. The van der Waals surface area contributed by atoms with Gasteiger partial charge in [0.05, 0.1) is 13.2 Å². The van der Waals surface area contributed by atoms with Crippen molar-refractivity contribution in [2.24, 2.45) is 0 Å². The van der Waals surface area contributed by atoms with Gasteiger partial charge in [0.15, 0.2) is 0 Å². The summed E-state index contributed by atoms with van der Waals surface area (Å²) < 4.78 is 11.2. The van der Waals surface area contributed by atoms with Gasteiger partial charge in [-0.2, -0.15) is 0 Å². The minimum Gasteiger partial charge on any atom is -0.494 e. The predicted molar refractivity (Wildman–Crippen MR) is 99.1 cm³/mol. The first kappa shape index (κ1) is 20.5. The molecule has 24 heavy (non-hydrogen) atoms. The summed E-state index contributed by atoms with van der Waals surface area (Å²) in [6.07, 6.45) is 3.05. The minimum atomic E-state index is 0.355. The molecule has 0 unspecified atom stereocenters. The van der Waals surface area contributed by atoms with Crippen LogP contribution in [0.25, 0.3) is 0 Å². The molecule has 1 aromatic rings. The van der Waals surface area contributed by atoms with Crippen molar-refractivity contribution in [3.05, 3.63) is 23.8 Å². The van der Waals surface area contributed by atoms with Gasteiger partial charge in [0, 0.05) is 25.5 Å². The fourth-order valence-corrected chi connectivity index (χ4v) is 2.71. The van der Waals surface area contributed by atoms with Crippen LogP contribution in [0.1, 0.15) is 52.5 Å². The van der Waals surface area contributed by atoms with Crippen LogP contribution < -0.4 is 9.47 Å². The van der Waals surface area contributed by atoms with E-state index in [9.17, 15) is 4.79 Å². The molecule has 0 fully saturated rings. The molecule has 0 aliphatic heterocycles. The number of aryl methyl sites for hydroxylation is 1. The highest BCUT2D eigenvalue weighted by Gasteiger charge is 2.07. The lowest BCUT2D eigenvalue weighted by Crippen LogP contribution is -2.25. The van der Waals surface area contributed by atoms with Gasteiger partial charge in [0.1, 0.15) is 17.3 Å². The normalized spacial score (nSPS) is 10.9. The van der Waals surface area contributed by atoms with Crippen molar-refractivity contribution in [1.29, 1.82) is 0 Å². The van der Waals surface area contributed by atoms with Crippen molar-refractivity contribution in [2.45, 2.75) is 53.4 Å². The van der Waals surface area contributed by atoms with Gasteiger partial charge in [0.25, 0.3) is 0 Å². The summed E-state index contributed by atoms with van der Waals surface area (Å²) in [6.45, 7) is 12.4. The number of nitrogens with zero attached hydrogens (tertiary/aromatic N) is 1. The largest absolute Gasteiger partial charge is 0.494 e. The molecule has 1 aromatic carbocycles. The van der Waals surface area contributed by atoms with Gasteiger partial charge >= 0.3 is 0 Å². The number of carbonyl (C=O) groups excluding carboxylic acids is 1. The van der Waals surface area contributed by atoms with Crippen LogP contribution >= 0.6 is 0 Å². The zero-order valence-corrected chi connectivity index (χ0v) is 15.8. The van der Waals surface area contributed by atoms with E-state index in [1.807, 2.05) is 32.0 Å². The number of carbonyl (C=O) groups is 1.